The Labute approximate surface area is 148 Å². The molecule has 1 aliphatic carbocycles. The maximum atomic E-state index is 12.7. The van der Waals surface area contributed by atoms with Crippen molar-refractivity contribution in [1.82, 2.24) is 10.6 Å². The fourth-order valence-corrected chi connectivity index (χ4v) is 3.22. The van der Waals surface area contributed by atoms with Crippen LogP contribution in [0, 0.1) is 0 Å². The first-order valence-electron chi connectivity index (χ1n) is 8.73. The molecule has 0 atom stereocenters. The molecule has 1 saturated carbocycles. The van der Waals surface area contributed by atoms with Crippen LogP contribution in [0.2, 0.25) is 0 Å². The van der Waals surface area contributed by atoms with Gasteiger partial charge in [0, 0.05) is 6.04 Å². The van der Waals surface area contributed by atoms with Crippen LogP contribution in [-0.4, -0.2) is 37.0 Å². The molecule has 136 valence electrons. The van der Waals surface area contributed by atoms with E-state index in [0.717, 1.165) is 31.2 Å². The molecule has 1 aromatic rings. The summed E-state index contributed by atoms with van der Waals surface area (Å²) in [4.78, 5) is 36.0. The molecule has 0 saturated heterocycles. The van der Waals surface area contributed by atoms with Gasteiger partial charge in [-0.1, -0.05) is 43.2 Å². The minimum Gasteiger partial charge on any atom is -0.455 e. The van der Waals surface area contributed by atoms with Crippen LogP contribution >= 0.6 is 0 Å². The van der Waals surface area contributed by atoms with Crippen molar-refractivity contribution in [3.05, 3.63) is 35.9 Å². The summed E-state index contributed by atoms with van der Waals surface area (Å²) in [6.45, 7) is 3.18. The number of carbonyl (C=O) groups excluding carboxylic acids is 3. The van der Waals surface area contributed by atoms with Crippen molar-refractivity contribution in [3.8, 4) is 0 Å². The highest BCUT2D eigenvalue weighted by atomic mass is 16.5. The summed E-state index contributed by atoms with van der Waals surface area (Å²) in [5.41, 5.74) is 0.283. The number of nitrogens with one attached hydrogen (secondary N) is 2. The van der Waals surface area contributed by atoms with Crippen LogP contribution in [0.15, 0.2) is 30.3 Å². The van der Waals surface area contributed by atoms with Gasteiger partial charge in [0.25, 0.3) is 5.91 Å². The van der Waals surface area contributed by atoms with Gasteiger partial charge in [-0.15, -0.1) is 0 Å². The van der Waals surface area contributed by atoms with E-state index in [-0.39, 0.29) is 31.1 Å². The summed E-state index contributed by atoms with van der Waals surface area (Å²) in [6, 6.07) is 9.60. The van der Waals surface area contributed by atoms with Crippen LogP contribution in [0.3, 0.4) is 0 Å². The quantitative estimate of drug-likeness (QED) is 0.736. The largest absolute Gasteiger partial charge is 0.455 e. The van der Waals surface area contributed by atoms with Gasteiger partial charge in [0.1, 0.15) is 0 Å². The molecule has 0 radical (unpaired) electrons. The topological polar surface area (TPSA) is 84.5 Å². The van der Waals surface area contributed by atoms with Crippen molar-refractivity contribution in [2.24, 2.45) is 0 Å². The third-order valence-corrected chi connectivity index (χ3v) is 4.40. The van der Waals surface area contributed by atoms with Crippen molar-refractivity contribution in [1.29, 1.82) is 0 Å². The number of carbonyl (C=O) groups is 3. The summed E-state index contributed by atoms with van der Waals surface area (Å²) >= 11 is 0. The zero-order valence-electron chi connectivity index (χ0n) is 14.8. The van der Waals surface area contributed by atoms with Gasteiger partial charge in [-0.3, -0.25) is 14.4 Å². The highest BCUT2D eigenvalue weighted by Gasteiger charge is 2.44. The molecular formula is C19H26N2O4. The lowest BCUT2D eigenvalue weighted by Gasteiger charge is -2.27. The van der Waals surface area contributed by atoms with Gasteiger partial charge < -0.3 is 15.4 Å². The fraction of sp³-hybridized carbons (Fsp3) is 0.526. The molecule has 1 aromatic carbocycles. The Morgan fingerprint density at radius 2 is 1.72 bits per heavy atom. The van der Waals surface area contributed by atoms with Gasteiger partial charge in [-0.05, 0) is 32.3 Å². The summed E-state index contributed by atoms with van der Waals surface area (Å²) < 4.78 is 5.28. The van der Waals surface area contributed by atoms with E-state index in [1.54, 1.807) is 0 Å². The van der Waals surface area contributed by atoms with Crippen molar-refractivity contribution in [2.75, 3.05) is 13.2 Å². The Morgan fingerprint density at radius 1 is 1.08 bits per heavy atom. The number of amides is 2. The first kappa shape index (κ1) is 19.0. The molecule has 2 rings (SSSR count). The van der Waals surface area contributed by atoms with E-state index in [1.165, 1.54) is 0 Å². The van der Waals surface area contributed by atoms with E-state index in [2.05, 4.69) is 10.6 Å². The lowest BCUT2D eigenvalue weighted by molar-refractivity contribution is -0.154. The maximum Gasteiger partial charge on any atom is 0.317 e. The normalized spacial score (nSPS) is 15.6. The van der Waals surface area contributed by atoms with Gasteiger partial charge in [-0.25, -0.2) is 0 Å². The van der Waals surface area contributed by atoms with Crippen LogP contribution in [0.1, 0.15) is 45.1 Å². The number of hydrogen-bond acceptors (Lipinski definition) is 4. The van der Waals surface area contributed by atoms with Crippen molar-refractivity contribution < 1.29 is 19.1 Å². The third-order valence-electron chi connectivity index (χ3n) is 4.40. The summed E-state index contributed by atoms with van der Waals surface area (Å²) in [5.74, 6) is -1.11. The monoisotopic (exact) mass is 346 g/mol. The molecule has 6 heteroatoms. The van der Waals surface area contributed by atoms with Crippen LogP contribution in [-0.2, 0) is 24.5 Å². The van der Waals surface area contributed by atoms with Crippen molar-refractivity contribution >= 4 is 17.8 Å². The van der Waals surface area contributed by atoms with Gasteiger partial charge in [0.15, 0.2) is 6.61 Å². The summed E-state index contributed by atoms with van der Waals surface area (Å²) in [7, 11) is 0. The van der Waals surface area contributed by atoms with Gasteiger partial charge in [-0.2, -0.15) is 0 Å². The first-order chi connectivity index (χ1) is 11.9. The molecule has 2 amide bonds. The number of esters is 1. The molecule has 2 N–H and O–H groups in total. The van der Waals surface area contributed by atoms with E-state index in [9.17, 15) is 14.4 Å². The molecule has 0 spiro atoms. The molecule has 0 unspecified atom stereocenters. The highest BCUT2D eigenvalue weighted by molar-refractivity contribution is 5.88. The average Bonchev–Trinajstić information content (AvgIpc) is 3.09. The number of benzene rings is 1. The minimum atomic E-state index is -0.656. The second-order valence-electron chi connectivity index (χ2n) is 6.73. The minimum absolute atomic E-state index is 0.00956. The van der Waals surface area contributed by atoms with Crippen LogP contribution in [0.4, 0.5) is 0 Å². The SMILES string of the molecule is CC(C)NC(=O)CNC(=O)COC(=O)C1(c2ccccc2)CCCC1. The molecule has 0 bridgehead atoms. The van der Waals surface area contributed by atoms with Crippen LogP contribution < -0.4 is 10.6 Å². The van der Waals surface area contributed by atoms with Crippen molar-refractivity contribution in [3.63, 3.8) is 0 Å². The van der Waals surface area contributed by atoms with E-state index >= 15 is 0 Å². The van der Waals surface area contributed by atoms with Crippen LogP contribution in [0.25, 0.3) is 0 Å². The predicted molar refractivity (Wildman–Crippen MR) is 93.8 cm³/mol. The molecule has 0 aromatic heterocycles. The Balaban J connectivity index is 1.88. The maximum absolute atomic E-state index is 12.7. The zero-order valence-corrected chi connectivity index (χ0v) is 14.8. The summed E-state index contributed by atoms with van der Waals surface area (Å²) in [6.07, 6.45) is 3.39. The second kappa shape index (κ2) is 8.65. The molecule has 25 heavy (non-hydrogen) atoms. The number of ether oxygens (including phenoxy) is 1. The number of rotatable bonds is 7. The fourth-order valence-electron chi connectivity index (χ4n) is 3.22. The van der Waals surface area contributed by atoms with E-state index in [0.29, 0.717) is 0 Å². The zero-order chi connectivity index (χ0) is 18.3. The average molecular weight is 346 g/mol. The van der Waals surface area contributed by atoms with E-state index in [4.69, 9.17) is 4.74 Å². The van der Waals surface area contributed by atoms with Gasteiger partial charge in [0.05, 0.1) is 12.0 Å². The smallest absolute Gasteiger partial charge is 0.317 e. The molecule has 6 nitrogen and oxygen atoms in total. The lowest BCUT2D eigenvalue weighted by Crippen LogP contribution is -2.42. The van der Waals surface area contributed by atoms with Crippen LogP contribution in [0.5, 0.6) is 0 Å². The Bertz CT molecular complexity index is 607. The first-order valence-corrected chi connectivity index (χ1v) is 8.73. The van der Waals surface area contributed by atoms with E-state index < -0.39 is 11.3 Å². The highest BCUT2D eigenvalue weighted by Crippen LogP contribution is 2.42. The van der Waals surface area contributed by atoms with Gasteiger partial charge in [0.2, 0.25) is 5.91 Å². The standard InChI is InChI=1S/C19H26N2O4/c1-14(2)21-16(22)12-20-17(23)13-25-18(24)19(10-6-7-11-19)15-8-4-3-5-9-15/h3-5,8-9,14H,6-7,10-13H2,1-2H3,(H,20,23)(H,21,22). The molecule has 1 fully saturated rings. The number of hydrogen-bond donors (Lipinski definition) is 2. The molecule has 1 aliphatic rings. The third kappa shape index (κ3) is 5.05. The molecular weight excluding hydrogens is 320 g/mol. The van der Waals surface area contributed by atoms with E-state index in [1.807, 2.05) is 44.2 Å². The second-order valence-corrected chi connectivity index (χ2v) is 6.73. The Hall–Kier alpha value is -2.37. The molecule has 0 aliphatic heterocycles. The molecule has 0 heterocycles. The van der Waals surface area contributed by atoms with Crippen molar-refractivity contribution in [2.45, 2.75) is 51.0 Å². The summed E-state index contributed by atoms with van der Waals surface area (Å²) in [5, 5.41) is 5.13. The lowest BCUT2D eigenvalue weighted by atomic mass is 9.79. The Kier molecular flexibility index (Phi) is 6.56. The Morgan fingerprint density at radius 3 is 2.32 bits per heavy atom. The predicted octanol–water partition coefficient (Wildman–Crippen LogP) is 1.68. The van der Waals surface area contributed by atoms with Gasteiger partial charge >= 0.3 is 5.97 Å².